The second-order valence-corrected chi connectivity index (χ2v) is 5.58. The maximum absolute atomic E-state index is 12.2. The average Bonchev–Trinajstić information content (AvgIpc) is 3.14. The van der Waals surface area contributed by atoms with Gasteiger partial charge in [0.15, 0.2) is 0 Å². The van der Waals surface area contributed by atoms with E-state index in [1.165, 1.54) is 0 Å². The maximum Gasteiger partial charge on any atom is 0.323 e. The molecule has 3 rings (SSSR count). The highest BCUT2D eigenvalue weighted by molar-refractivity contribution is 5.87. The zero-order valence-electron chi connectivity index (χ0n) is 13.8. The summed E-state index contributed by atoms with van der Waals surface area (Å²) in [6.45, 7) is 4.18. The summed E-state index contributed by atoms with van der Waals surface area (Å²) in [5.41, 5.74) is 1.64. The molecule has 128 valence electrons. The fourth-order valence-electron chi connectivity index (χ4n) is 2.57. The van der Waals surface area contributed by atoms with Gasteiger partial charge in [0, 0.05) is 24.4 Å². The summed E-state index contributed by atoms with van der Waals surface area (Å²) in [5, 5.41) is 5.50. The lowest BCUT2D eigenvalue weighted by atomic mass is 10.0. The van der Waals surface area contributed by atoms with Crippen LogP contribution in [0.25, 0.3) is 0 Å². The van der Waals surface area contributed by atoms with Crippen LogP contribution in [-0.2, 0) is 4.74 Å². The molecule has 1 aliphatic rings. The number of hydrogen-bond donors (Lipinski definition) is 2. The number of pyridine rings is 1. The van der Waals surface area contributed by atoms with Crippen LogP contribution >= 0.6 is 0 Å². The van der Waals surface area contributed by atoms with E-state index in [0.29, 0.717) is 24.7 Å². The smallest absolute Gasteiger partial charge is 0.323 e. The Bertz CT molecular complexity index is 694. The topological polar surface area (TPSA) is 98.5 Å². The molecule has 0 saturated carbocycles. The van der Waals surface area contributed by atoms with E-state index in [-0.39, 0.29) is 24.2 Å². The molecule has 0 bridgehead atoms. The summed E-state index contributed by atoms with van der Waals surface area (Å²) in [6, 6.07) is 3.31. The maximum atomic E-state index is 12.2. The van der Waals surface area contributed by atoms with Crippen molar-refractivity contribution < 1.29 is 18.7 Å². The highest BCUT2D eigenvalue weighted by atomic mass is 16.5. The number of urea groups is 1. The van der Waals surface area contributed by atoms with Crippen LogP contribution in [0.5, 0.6) is 5.88 Å². The number of rotatable bonds is 4. The molecule has 3 heterocycles. The standard InChI is InChI=1S/C16H20N4O4/c1-9-10(2)24-16(18-9)20-15(21)19-12-6-7-23-14(12)11-4-5-13(22-3)17-8-11/h4-5,8,12,14H,6-7H2,1-3H3,(H2,18,19,20,21)/t12-,14+/m0/s1. The van der Waals surface area contributed by atoms with Gasteiger partial charge >= 0.3 is 12.0 Å². The van der Waals surface area contributed by atoms with Gasteiger partial charge in [0.1, 0.15) is 11.9 Å². The summed E-state index contributed by atoms with van der Waals surface area (Å²) in [6.07, 6.45) is 2.16. The largest absolute Gasteiger partial charge is 0.481 e. The Kier molecular flexibility index (Phi) is 4.66. The highest BCUT2D eigenvalue weighted by Crippen LogP contribution is 2.29. The van der Waals surface area contributed by atoms with Crippen LogP contribution in [0.15, 0.2) is 22.7 Å². The summed E-state index contributed by atoms with van der Waals surface area (Å²) in [5.74, 6) is 1.21. The van der Waals surface area contributed by atoms with Crippen molar-refractivity contribution in [3.8, 4) is 5.88 Å². The zero-order valence-corrected chi connectivity index (χ0v) is 13.8. The number of nitrogens with zero attached hydrogens (tertiary/aromatic N) is 2. The molecule has 2 aromatic heterocycles. The lowest BCUT2D eigenvalue weighted by Crippen LogP contribution is -2.39. The van der Waals surface area contributed by atoms with Gasteiger partial charge in [-0.1, -0.05) is 0 Å². The number of aryl methyl sites for hydroxylation is 2. The van der Waals surface area contributed by atoms with Crippen LogP contribution < -0.4 is 15.4 Å². The molecule has 0 spiro atoms. The van der Waals surface area contributed by atoms with Crippen LogP contribution in [0.4, 0.5) is 10.8 Å². The molecule has 0 aliphatic carbocycles. The van der Waals surface area contributed by atoms with Gasteiger partial charge in [0.05, 0.1) is 18.8 Å². The molecule has 1 fully saturated rings. The van der Waals surface area contributed by atoms with Crippen molar-refractivity contribution in [3.63, 3.8) is 0 Å². The third-order valence-electron chi connectivity index (χ3n) is 3.95. The number of oxazole rings is 1. The lowest BCUT2D eigenvalue weighted by molar-refractivity contribution is 0.100. The number of carbonyl (C=O) groups excluding carboxylic acids is 1. The predicted molar refractivity (Wildman–Crippen MR) is 86.0 cm³/mol. The minimum atomic E-state index is -0.377. The Labute approximate surface area is 139 Å². The van der Waals surface area contributed by atoms with Gasteiger partial charge in [-0.25, -0.2) is 9.78 Å². The van der Waals surface area contributed by atoms with E-state index >= 15 is 0 Å². The molecule has 24 heavy (non-hydrogen) atoms. The molecular weight excluding hydrogens is 312 g/mol. The van der Waals surface area contributed by atoms with Crippen molar-refractivity contribution >= 4 is 12.0 Å². The second kappa shape index (κ2) is 6.88. The zero-order chi connectivity index (χ0) is 17.1. The number of nitrogens with one attached hydrogen (secondary N) is 2. The number of amides is 2. The first kappa shape index (κ1) is 16.3. The predicted octanol–water partition coefficient (Wildman–Crippen LogP) is 2.35. The van der Waals surface area contributed by atoms with Gasteiger partial charge in [-0.3, -0.25) is 5.32 Å². The van der Waals surface area contributed by atoms with Crippen molar-refractivity contribution in [1.82, 2.24) is 15.3 Å². The van der Waals surface area contributed by atoms with Crippen LogP contribution in [-0.4, -0.2) is 35.8 Å². The number of carbonyl (C=O) groups is 1. The van der Waals surface area contributed by atoms with Gasteiger partial charge < -0.3 is 19.2 Å². The molecule has 2 atom stereocenters. The molecule has 0 aromatic carbocycles. The first-order valence-corrected chi connectivity index (χ1v) is 7.70. The summed E-state index contributed by atoms with van der Waals surface area (Å²) in [4.78, 5) is 20.5. The van der Waals surface area contributed by atoms with Gasteiger partial charge in [-0.05, 0) is 26.3 Å². The minimum absolute atomic E-state index is 0.155. The van der Waals surface area contributed by atoms with Gasteiger partial charge in [-0.15, -0.1) is 0 Å². The molecule has 2 amide bonds. The highest BCUT2D eigenvalue weighted by Gasteiger charge is 2.31. The molecule has 1 aliphatic heterocycles. The summed E-state index contributed by atoms with van der Waals surface area (Å²) in [7, 11) is 1.56. The van der Waals surface area contributed by atoms with E-state index in [4.69, 9.17) is 13.9 Å². The summed E-state index contributed by atoms with van der Waals surface area (Å²) >= 11 is 0. The second-order valence-electron chi connectivity index (χ2n) is 5.58. The van der Waals surface area contributed by atoms with Crippen LogP contribution in [0.2, 0.25) is 0 Å². The molecule has 1 saturated heterocycles. The van der Waals surface area contributed by atoms with E-state index in [1.807, 2.05) is 13.0 Å². The van der Waals surface area contributed by atoms with E-state index in [9.17, 15) is 4.79 Å². The van der Waals surface area contributed by atoms with E-state index in [0.717, 1.165) is 11.3 Å². The van der Waals surface area contributed by atoms with Gasteiger partial charge in [0.25, 0.3) is 0 Å². The van der Waals surface area contributed by atoms with E-state index in [1.54, 1.807) is 26.3 Å². The number of hydrogen-bond acceptors (Lipinski definition) is 6. The van der Waals surface area contributed by atoms with Crippen LogP contribution in [0.3, 0.4) is 0 Å². The molecule has 2 N–H and O–H groups in total. The Hall–Kier alpha value is -2.61. The van der Waals surface area contributed by atoms with E-state index < -0.39 is 0 Å². The SMILES string of the molecule is COc1ccc([C@H]2OCC[C@@H]2NC(=O)Nc2nc(C)c(C)o2)cn1. The van der Waals surface area contributed by atoms with E-state index in [2.05, 4.69) is 20.6 Å². The quantitative estimate of drug-likeness (QED) is 0.892. The monoisotopic (exact) mass is 332 g/mol. The van der Waals surface area contributed by atoms with Crippen molar-refractivity contribution in [3.05, 3.63) is 35.3 Å². The fourth-order valence-corrected chi connectivity index (χ4v) is 2.57. The first-order chi connectivity index (χ1) is 11.6. The Morgan fingerprint density at radius 1 is 1.38 bits per heavy atom. The van der Waals surface area contributed by atoms with Gasteiger partial charge in [0.2, 0.25) is 5.88 Å². The molecular formula is C16H20N4O4. The third-order valence-corrected chi connectivity index (χ3v) is 3.95. The molecule has 0 radical (unpaired) electrons. The van der Waals surface area contributed by atoms with Crippen molar-refractivity contribution in [1.29, 1.82) is 0 Å². The van der Waals surface area contributed by atoms with Crippen LogP contribution in [0.1, 0.15) is 29.5 Å². The Balaban J connectivity index is 1.63. The Morgan fingerprint density at radius 3 is 2.83 bits per heavy atom. The van der Waals surface area contributed by atoms with Gasteiger partial charge in [-0.2, -0.15) is 4.98 Å². The minimum Gasteiger partial charge on any atom is -0.481 e. The Morgan fingerprint density at radius 2 is 2.21 bits per heavy atom. The number of methoxy groups -OCH3 is 1. The van der Waals surface area contributed by atoms with Crippen molar-refractivity contribution in [2.24, 2.45) is 0 Å². The summed E-state index contributed by atoms with van der Waals surface area (Å²) < 4.78 is 16.1. The molecule has 8 nitrogen and oxygen atoms in total. The number of ether oxygens (including phenoxy) is 2. The fraction of sp³-hybridized carbons (Fsp3) is 0.438. The first-order valence-electron chi connectivity index (χ1n) is 7.70. The lowest BCUT2D eigenvalue weighted by Gasteiger charge is -2.19. The molecule has 2 aromatic rings. The molecule has 0 unspecified atom stereocenters. The third kappa shape index (κ3) is 3.48. The number of anilines is 1. The normalized spacial score (nSPS) is 20.0. The average molecular weight is 332 g/mol. The van der Waals surface area contributed by atoms with Crippen LogP contribution in [0, 0.1) is 13.8 Å². The van der Waals surface area contributed by atoms with Crippen molar-refractivity contribution in [2.75, 3.05) is 19.0 Å². The van der Waals surface area contributed by atoms with Crippen molar-refractivity contribution in [2.45, 2.75) is 32.4 Å². The molecule has 8 heteroatoms. The number of aromatic nitrogens is 2.